The normalized spacial score (nSPS) is 19.1. The first-order chi connectivity index (χ1) is 20.9. The Morgan fingerprint density at radius 1 is 0.955 bits per heavy atom. The van der Waals surface area contributed by atoms with Gasteiger partial charge in [0, 0.05) is 18.5 Å². The maximum Gasteiger partial charge on any atom is 0.412 e. The van der Waals surface area contributed by atoms with Crippen LogP contribution in [0.4, 0.5) is 10.5 Å². The first-order valence-electron chi connectivity index (χ1n) is 16.2. The van der Waals surface area contributed by atoms with Gasteiger partial charge in [0.25, 0.3) is 0 Å². The van der Waals surface area contributed by atoms with Crippen LogP contribution in [0, 0.1) is 26.7 Å². The van der Waals surface area contributed by atoms with Gasteiger partial charge in [0.2, 0.25) is 0 Å². The van der Waals surface area contributed by atoms with E-state index >= 15 is 0 Å². The van der Waals surface area contributed by atoms with Crippen molar-refractivity contribution in [3.63, 3.8) is 0 Å². The minimum atomic E-state index is -0.548. The second kappa shape index (κ2) is 13.3. The van der Waals surface area contributed by atoms with Gasteiger partial charge in [-0.05, 0) is 115 Å². The number of amides is 1. The monoisotopic (exact) mass is 598 g/mol. The second-order valence-electron chi connectivity index (χ2n) is 14.0. The molecule has 0 aliphatic carbocycles. The van der Waals surface area contributed by atoms with E-state index < -0.39 is 11.7 Å². The summed E-state index contributed by atoms with van der Waals surface area (Å²) < 4.78 is 18.8. The highest BCUT2D eigenvalue weighted by atomic mass is 16.6. The molecule has 0 radical (unpaired) electrons. The van der Waals surface area contributed by atoms with Gasteiger partial charge in [-0.25, -0.2) is 4.79 Å². The van der Waals surface area contributed by atoms with Gasteiger partial charge >= 0.3 is 6.09 Å². The standard InChI is InChI=1S/C38H50N2O4/c1-26-27(2)34-32(28(3)33(26)39-36(41)44-37(4,5)6)24-38(7,43-34)20-23-40-21-18-29(19-22-40)25-42-35(30-14-10-8-11-15-30)31-16-12-9-13-17-31/h8-17,29,35H,18-25H2,1-7H3,(H,39,41). The first kappa shape index (κ1) is 32.1. The predicted octanol–water partition coefficient (Wildman–Crippen LogP) is 8.56. The molecule has 2 heterocycles. The molecule has 2 aliphatic rings. The zero-order valence-corrected chi connectivity index (χ0v) is 27.7. The van der Waals surface area contributed by atoms with Gasteiger partial charge in [-0.1, -0.05) is 60.7 Å². The maximum absolute atomic E-state index is 12.6. The number of likely N-dealkylation sites (tertiary alicyclic amines) is 1. The minimum Gasteiger partial charge on any atom is -0.487 e. The highest BCUT2D eigenvalue weighted by Crippen LogP contribution is 2.45. The Kier molecular flexibility index (Phi) is 9.71. The van der Waals surface area contributed by atoms with Gasteiger partial charge in [0.15, 0.2) is 0 Å². The summed E-state index contributed by atoms with van der Waals surface area (Å²) in [5.74, 6) is 1.55. The molecule has 3 aromatic rings. The molecule has 236 valence electrons. The van der Waals surface area contributed by atoms with Crippen molar-refractivity contribution in [3.05, 3.63) is 94.0 Å². The molecular formula is C38H50N2O4. The minimum absolute atomic E-state index is 0.0353. The third-order valence-corrected chi connectivity index (χ3v) is 9.27. The molecule has 1 unspecified atom stereocenters. The molecule has 5 rings (SSSR count). The third-order valence-electron chi connectivity index (χ3n) is 9.27. The SMILES string of the molecule is Cc1c(C)c2c(c(C)c1NC(=O)OC(C)(C)C)CC(C)(CCN1CCC(COC(c3ccccc3)c3ccccc3)CC1)O2. The molecule has 6 heteroatoms. The molecule has 0 saturated carbocycles. The number of carbonyl (C=O) groups is 1. The summed E-state index contributed by atoms with van der Waals surface area (Å²) in [6, 6.07) is 21.1. The van der Waals surface area contributed by atoms with Gasteiger partial charge in [-0.3, -0.25) is 5.32 Å². The molecule has 44 heavy (non-hydrogen) atoms. The van der Waals surface area contributed by atoms with Crippen molar-refractivity contribution in [3.8, 4) is 5.75 Å². The summed E-state index contributed by atoms with van der Waals surface area (Å²) in [5.41, 5.74) is 6.82. The Morgan fingerprint density at radius 3 is 2.11 bits per heavy atom. The van der Waals surface area contributed by atoms with Crippen molar-refractivity contribution in [2.45, 2.75) is 91.5 Å². The number of nitrogens with one attached hydrogen (secondary N) is 1. The van der Waals surface area contributed by atoms with Crippen LogP contribution in [0.15, 0.2) is 60.7 Å². The molecule has 1 fully saturated rings. The van der Waals surface area contributed by atoms with Crippen molar-refractivity contribution in [1.29, 1.82) is 0 Å². The van der Waals surface area contributed by atoms with Gasteiger partial charge in [0.05, 0.1) is 12.3 Å². The van der Waals surface area contributed by atoms with Gasteiger partial charge in [-0.2, -0.15) is 0 Å². The summed E-state index contributed by atoms with van der Waals surface area (Å²) in [7, 11) is 0. The average Bonchev–Trinajstić information content (AvgIpc) is 3.36. The molecule has 3 aromatic carbocycles. The lowest BCUT2D eigenvalue weighted by Crippen LogP contribution is -2.40. The summed E-state index contributed by atoms with van der Waals surface area (Å²) in [4.78, 5) is 15.2. The number of benzene rings is 3. The van der Waals surface area contributed by atoms with Crippen LogP contribution >= 0.6 is 0 Å². The van der Waals surface area contributed by atoms with E-state index in [0.717, 1.165) is 80.1 Å². The van der Waals surface area contributed by atoms with E-state index in [9.17, 15) is 4.79 Å². The highest BCUT2D eigenvalue weighted by molar-refractivity contribution is 5.88. The number of piperidine rings is 1. The summed E-state index contributed by atoms with van der Waals surface area (Å²) >= 11 is 0. The van der Waals surface area contributed by atoms with Crippen molar-refractivity contribution >= 4 is 11.8 Å². The number of hydrogen-bond acceptors (Lipinski definition) is 5. The summed E-state index contributed by atoms with van der Waals surface area (Å²) in [5, 5.41) is 3.02. The Hall–Kier alpha value is -3.35. The summed E-state index contributed by atoms with van der Waals surface area (Å²) in [6.45, 7) is 18.0. The lowest BCUT2D eigenvalue weighted by Gasteiger charge is -2.34. The topological polar surface area (TPSA) is 60.0 Å². The third kappa shape index (κ3) is 7.65. The molecule has 0 aromatic heterocycles. The molecule has 1 amide bonds. The van der Waals surface area contributed by atoms with E-state index in [1.807, 2.05) is 27.7 Å². The molecule has 2 aliphatic heterocycles. The van der Waals surface area contributed by atoms with Gasteiger partial charge in [-0.15, -0.1) is 0 Å². The molecule has 6 nitrogen and oxygen atoms in total. The smallest absolute Gasteiger partial charge is 0.412 e. The maximum atomic E-state index is 12.6. The quantitative estimate of drug-likeness (QED) is 0.267. The zero-order valence-electron chi connectivity index (χ0n) is 27.7. The van der Waals surface area contributed by atoms with Crippen LogP contribution in [0.3, 0.4) is 0 Å². The highest BCUT2D eigenvalue weighted by Gasteiger charge is 2.39. The largest absolute Gasteiger partial charge is 0.487 e. The molecule has 0 spiro atoms. The van der Waals surface area contributed by atoms with Crippen LogP contribution in [0.5, 0.6) is 5.75 Å². The fourth-order valence-corrected chi connectivity index (χ4v) is 6.57. The van der Waals surface area contributed by atoms with Crippen molar-refractivity contribution in [2.24, 2.45) is 5.92 Å². The van der Waals surface area contributed by atoms with Crippen LogP contribution < -0.4 is 10.1 Å². The molecule has 1 N–H and O–H groups in total. The van der Waals surface area contributed by atoms with E-state index in [0.29, 0.717) is 5.92 Å². The first-order valence-corrected chi connectivity index (χ1v) is 16.2. The number of hydrogen-bond donors (Lipinski definition) is 1. The van der Waals surface area contributed by atoms with Crippen LogP contribution in [-0.2, 0) is 15.9 Å². The Morgan fingerprint density at radius 2 is 1.55 bits per heavy atom. The van der Waals surface area contributed by atoms with Crippen molar-refractivity contribution in [2.75, 3.05) is 31.6 Å². The van der Waals surface area contributed by atoms with E-state index in [2.05, 4.69) is 91.7 Å². The number of ether oxygens (including phenoxy) is 3. The fourth-order valence-electron chi connectivity index (χ4n) is 6.57. The van der Waals surface area contributed by atoms with Crippen LogP contribution in [-0.4, -0.2) is 48.4 Å². The number of anilines is 1. The van der Waals surface area contributed by atoms with Crippen molar-refractivity contribution < 1.29 is 19.0 Å². The number of rotatable bonds is 9. The Labute approximate surface area is 264 Å². The number of fused-ring (bicyclic) bond motifs is 1. The van der Waals surface area contributed by atoms with Crippen LogP contribution in [0.25, 0.3) is 0 Å². The van der Waals surface area contributed by atoms with Crippen LogP contribution in [0.1, 0.15) is 86.4 Å². The fraction of sp³-hybridized carbons (Fsp3) is 0.500. The van der Waals surface area contributed by atoms with Gasteiger partial charge in [0.1, 0.15) is 23.1 Å². The van der Waals surface area contributed by atoms with E-state index in [-0.39, 0.29) is 11.7 Å². The molecule has 0 bridgehead atoms. The molecular weight excluding hydrogens is 548 g/mol. The zero-order chi connectivity index (χ0) is 31.5. The Bertz CT molecular complexity index is 1390. The second-order valence-corrected chi connectivity index (χ2v) is 14.0. The van der Waals surface area contributed by atoms with Crippen molar-refractivity contribution in [1.82, 2.24) is 4.90 Å². The number of nitrogens with zero attached hydrogens (tertiary/aromatic N) is 1. The molecule has 1 saturated heterocycles. The summed E-state index contributed by atoms with van der Waals surface area (Å²) in [6.07, 6.45) is 3.63. The number of carbonyl (C=O) groups excluding carboxylic acids is 1. The van der Waals surface area contributed by atoms with E-state index in [1.54, 1.807) is 0 Å². The predicted molar refractivity (Wildman–Crippen MR) is 178 cm³/mol. The Balaban J connectivity index is 1.14. The average molecular weight is 599 g/mol. The molecule has 1 atom stereocenters. The van der Waals surface area contributed by atoms with Gasteiger partial charge < -0.3 is 19.1 Å². The van der Waals surface area contributed by atoms with E-state index in [1.165, 1.54) is 16.7 Å². The lowest BCUT2D eigenvalue weighted by molar-refractivity contribution is 0.0261. The van der Waals surface area contributed by atoms with E-state index in [4.69, 9.17) is 14.2 Å². The lowest BCUT2D eigenvalue weighted by atomic mass is 9.90. The van der Waals surface area contributed by atoms with Crippen LogP contribution in [0.2, 0.25) is 0 Å².